The van der Waals surface area contributed by atoms with Crippen molar-refractivity contribution in [3.8, 4) is 0 Å². The molecule has 0 aliphatic heterocycles. The van der Waals surface area contributed by atoms with Crippen molar-refractivity contribution in [2.75, 3.05) is 6.54 Å². The van der Waals surface area contributed by atoms with E-state index in [0.717, 1.165) is 5.69 Å². The van der Waals surface area contributed by atoms with Crippen molar-refractivity contribution in [3.63, 3.8) is 0 Å². The number of alkyl carbamates (subject to hydrolysis) is 1. The lowest BCUT2D eigenvalue weighted by Gasteiger charge is -2.23. The number of hydrogen-bond donors (Lipinski definition) is 2. The number of hydrogen-bond acceptors (Lipinski definition) is 4. The zero-order valence-electron chi connectivity index (χ0n) is 10.7. The molecule has 17 heavy (non-hydrogen) atoms. The summed E-state index contributed by atoms with van der Waals surface area (Å²) in [7, 11) is 1.80. The predicted octanol–water partition coefficient (Wildman–Crippen LogP) is 0.945. The van der Waals surface area contributed by atoms with Crippen molar-refractivity contribution in [3.05, 3.63) is 18.0 Å². The lowest BCUT2D eigenvalue weighted by Crippen LogP contribution is -2.38. The van der Waals surface area contributed by atoms with Gasteiger partial charge in [0.15, 0.2) is 0 Å². The van der Waals surface area contributed by atoms with Crippen LogP contribution in [-0.2, 0) is 11.8 Å². The van der Waals surface area contributed by atoms with Gasteiger partial charge in [-0.1, -0.05) is 0 Å². The van der Waals surface area contributed by atoms with Gasteiger partial charge in [-0.15, -0.1) is 0 Å². The average Bonchev–Trinajstić information content (AvgIpc) is 2.58. The highest BCUT2D eigenvalue weighted by molar-refractivity contribution is 5.68. The number of aryl methyl sites for hydroxylation is 1. The van der Waals surface area contributed by atoms with Crippen LogP contribution in [0.3, 0.4) is 0 Å². The number of nitrogens with two attached hydrogens (primary N) is 1. The molecule has 1 amide bonds. The molecule has 3 N–H and O–H groups in total. The van der Waals surface area contributed by atoms with Crippen molar-refractivity contribution < 1.29 is 9.53 Å². The van der Waals surface area contributed by atoms with Gasteiger partial charge in [0.25, 0.3) is 0 Å². The molecule has 1 atom stereocenters. The lowest BCUT2D eigenvalue weighted by molar-refractivity contribution is 0.0503. The molecule has 6 heteroatoms. The zero-order chi connectivity index (χ0) is 13.1. The van der Waals surface area contributed by atoms with E-state index in [0.29, 0.717) is 6.54 Å². The largest absolute Gasteiger partial charge is 0.444 e. The summed E-state index contributed by atoms with van der Waals surface area (Å²) in [5.74, 6) is 0. The van der Waals surface area contributed by atoms with Gasteiger partial charge in [-0.05, 0) is 26.8 Å². The average molecular weight is 240 g/mol. The molecule has 0 aromatic carbocycles. The molecule has 0 radical (unpaired) electrons. The first-order chi connectivity index (χ1) is 7.83. The van der Waals surface area contributed by atoms with Crippen LogP contribution in [0.2, 0.25) is 0 Å². The molecule has 96 valence electrons. The van der Waals surface area contributed by atoms with Crippen LogP contribution in [0.4, 0.5) is 4.79 Å². The van der Waals surface area contributed by atoms with E-state index in [1.165, 1.54) is 0 Å². The Morgan fingerprint density at radius 3 is 2.71 bits per heavy atom. The number of rotatable bonds is 3. The van der Waals surface area contributed by atoms with Crippen molar-refractivity contribution in [1.82, 2.24) is 15.1 Å². The predicted molar refractivity (Wildman–Crippen MR) is 64.4 cm³/mol. The Morgan fingerprint density at radius 1 is 1.65 bits per heavy atom. The summed E-state index contributed by atoms with van der Waals surface area (Å²) in [5, 5.41) is 6.76. The molecule has 0 saturated carbocycles. The topological polar surface area (TPSA) is 82.2 Å². The molecule has 1 aromatic heterocycles. The van der Waals surface area contributed by atoms with E-state index < -0.39 is 11.7 Å². The minimum atomic E-state index is -0.518. The Balaban J connectivity index is 2.66. The lowest BCUT2D eigenvalue weighted by atomic mass is 10.2. The van der Waals surface area contributed by atoms with E-state index in [4.69, 9.17) is 10.5 Å². The SMILES string of the molecule is Cn1nccc1C(CN)NC(=O)OC(C)(C)C. The molecule has 1 aromatic rings. The highest BCUT2D eigenvalue weighted by Crippen LogP contribution is 2.12. The number of nitrogens with one attached hydrogen (secondary N) is 1. The summed E-state index contributed by atoms with van der Waals surface area (Å²) in [6, 6.07) is 1.52. The number of amides is 1. The van der Waals surface area contributed by atoms with Gasteiger partial charge in [-0.3, -0.25) is 4.68 Å². The van der Waals surface area contributed by atoms with Crippen LogP contribution < -0.4 is 11.1 Å². The summed E-state index contributed by atoms with van der Waals surface area (Å²) in [4.78, 5) is 11.6. The van der Waals surface area contributed by atoms with Crippen molar-refractivity contribution in [1.29, 1.82) is 0 Å². The van der Waals surface area contributed by atoms with Crippen molar-refractivity contribution in [2.24, 2.45) is 12.8 Å². The monoisotopic (exact) mass is 240 g/mol. The van der Waals surface area contributed by atoms with Gasteiger partial charge in [0, 0.05) is 19.8 Å². The molecule has 0 bridgehead atoms. The molecule has 1 rings (SSSR count). The molecule has 0 aliphatic rings. The summed E-state index contributed by atoms with van der Waals surface area (Å²) in [6.45, 7) is 5.73. The first-order valence-electron chi connectivity index (χ1n) is 5.51. The van der Waals surface area contributed by atoms with Gasteiger partial charge < -0.3 is 15.8 Å². The molecule has 0 saturated heterocycles. The molecule has 1 heterocycles. The highest BCUT2D eigenvalue weighted by atomic mass is 16.6. The van der Waals surface area contributed by atoms with Gasteiger partial charge >= 0.3 is 6.09 Å². The summed E-state index contributed by atoms with van der Waals surface area (Å²) in [5.41, 5.74) is 5.96. The Labute approximate surface area is 101 Å². The van der Waals surface area contributed by atoms with E-state index in [9.17, 15) is 4.79 Å². The fourth-order valence-corrected chi connectivity index (χ4v) is 1.43. The van der Waals surface area contributed by atoms with Crippen molar-refractivity contribution in [2.45, 2.75) is 32.4 Å². The molecule has 1 unspecified atom stereocenters. The fourth-order valence-electron chi connectivity index (χ4n) is 1.43. The third-order valence-corrected chi connectivity index (χ3v) is 2.14. The summed E-state index contributed by atoms with van der Waals surface area (Å²) in [6.07, 6.45) is 1.18. The standard InChI is InChI=1S/C11H20N4O2/c1-11(2,3)17-10(16)14-8(7-12)9-5-6-13-15(9)4/h5-6,8H,7,12H2,1-4H3,(H,14,16). The zero-order valence-corrected chi connectivity index (χ0v) is 10.7. The van der Waals surface area contributed by atoms with Crippen LogP contribution in [0.25, 0.3) is 0 Å². The van der Waals surface area contributed by atoms with Crippen LogP contribution in [0, 0.1) is 0 Å². The van der Waals surface area contributed by atoms with E-state index in [1.807, 2.05) is 26.8 Å². The van der Waals surface area contributed by atoms with Crippen molar-refractivity contribution >= 4 is 6.09 Å². The second kappa shape index (κ2) is 5.18. The number of aromatic nitrogens is 2. The van der Waals surface area contributed by atoms with E-state index >= 15 is 0 Å². The first kappa shape index (κ1) is 13.5. The van der Waals surface area contributed by atoms with E-state index in [1.54, 1.807) is 17.9 Å². The van der Waals surface area contributed by atoms with Gasteiger partial charge in [-0.25, -0.2) is 4.79 Å². The Morgan fingerprint density at radius 2 is 2.29 bits per heavy atom. The minimum absolute atomic E-state index is 0.290. The normalized spacial score (nSPS) is 13.2. The molecular weight excluding hydrogens is 220 g/mol. The maximum atomic E-state index is 11.6. The van der Waals surface area contributed by atoms with Crippen LogP contribution in [0.15, 0.2) is 12.3 Å². The van der Waals surface area contributed by atoms with Gasteiger partial charge in [-0.2, -0.15) is 5.10 Å². The molecule has 0 fully saturated rings. The maximum absolute atomic E-state index is 11.6. The Hall–Kier alpha value is -1.56. The Kier molecular flexibility index (Phi) is 4.11. The second-order valence-corrected chi connectivity index (χ2v) is 4.81. The minimum Gasteiger partial charge on any atom is -0.444 e. The summed E-state index contributed by atoms with van der Waals surface area (Å²) >= 11 is 0. The molecule has 0 aliphatic carbocycles. The van der Waals surface area contributed by atoms with E-state index in [2.05, 4.69) is 10.4 Å². The highest BCUT2D eigenvalue weighted by Gasteiger charge is 2.21. The first-order valence-corrected chi connectivity index (χ1v) is 5.51. The smallest absolute Gasteiger partial charge is 0.408 e. The maximum Gasteiger partial charge on any atom is 0.408 e. The number of carbonyl (C=O) groups excluding carboxylic acids is 1. The molecule has 0 spiro atoms. The fraction of sp³-hybridized carbons (Fsp3) is 0.636. The number of carbonyl (C=O) groups is 1. The molecule has 6 nitrogen and oxygen atoms in total. The Bertz CT molecular complexity index is 381. The van der Waals surface area contributed by atoms with Crippen LogP contribution >= 0.6 is 0 Å². The third kappa shape index (κ3) is 4.07. The second-order valence-electron chi connectivity index (χ2n) is 4.81. The number of nitrogens with zero attached hydrogens (tertiary/aromatic N) is 2. The summed E-state index contributed by atoms with van der Waals surface area (Å²) < 4.78 is 6.85. The number of ether oxygens (including phenoxy) is 1. The molecular formula is C11H20N4O2. The van der Waals surface area contributed by atoms with Crippen LogP contribution in [0.1, 0.15) is 32.5 Å². The van der Waals surface area contributed by atoms with Crippen LogP contribution in [0.5, 0.6) is 0 Å². The van der Waals surface area contributed by atoms with Gasteiger partial charge in [0.2, 0.25) is 0 Å². The van der Waals surface area contributed by atoms with Gasteiger partial charge in [0.1, 0.15) is 5.60 Å². The van der Waals surface area contributed by atoms with Gasteiger partial charge in [0.05, 0.1) is 11.7 Å². The van der Waals surface area contributed by atoms with E-state index in [-0.39, 0.29) is 6.04 Å². The quantitative estimate of drug-likeness (QED) is 0.824. The third-order valence-electron chi connectivity index (χ3n) is 2.14. The van der Waals surface area contributed by atoms with Crippen LogP contribution in [-0.4, -0.2) is 28.0 Å².